The van der Waals surface area contributed by atoms with Gasteiger partial charge >= 0.3 is 0 Å². The highest BCUT2D eigenvalue weighted by molar-refractivity contribution is 5.86. The fraction of sp³-hybridized carbons (Fsp3) is 0.677. The summed E-state index contributed by atoms with van der Waals surface area (Å²) >= 11 is 0. The van der Waals surface area contributed by atoms with Gasteiger partial charge in [0, 0.05) is 70.6 Å². The molecule has 0 bridgehead atoms. The van der Waals surface area contributed by atoms with E-state index in [1.807, 2.05) is 0 Å². The average Bonchev–Trinajstić information content (AvgIpc) is 2.96. The predicted octanol–water partition coefficient (Wildman–Crippen LogP) is 3.16. The summed E-state index contributed by atoms with van der Waals surface area (Å²) in [6, 6.07) is 16.7. The third kappa shape index (κ3) is 5.61. The zero-order chi connectivity index (χ0) is 25.7. The molecule has 1 N–H and O–H groups in total. The quantitative estimate of drug-likeness (QED) is 0.530. The molecule has 2 atom stereocenters. The molecule has 0 aliphatic carbocycles. The van der Waals surface area contributed by atoms with Crippen LogP contribution in [0.2, 0.25) is 0 Å². The molecule has 37 heavy (non-hydrogen) atoms. The minimum atomic E-state index is -0.250. The molecule has 0 aromatic heterocycles. The molecule has 3 heterocycles. The van der Waals surface area contributed by atoms with E-state index >= 15 is 0 Å². The van der Waals surface area contributed by atoms with E-state index in [0.29, 0.717) is 0 Å². The number of nitrogens with one attached hydrogen (secondary N) is 1. The molecule has 0 spiro atoms. The van der Waals surface area contributed by atoms with Crippen molar-refractivity contribution in [2.24, 2.45) is 0 Å². The third-order valence-electron chi connectivity index (χ3n) is 9.75. The van der Waals surface area contributed by atoms with Gasteiger partial charge in [0.2, 0.25) is 0 Å². The maximum atomic E-state index is 5.65. The van der Waals surface area contributed by atoms with Crippen LogP contribution >= 0.6 is 0 Å². The molecular weight excluding hydrogens is 456 g/mol. The lowest BCUT2D eigenvalue weighted by atomic mass is 9.86. The predicted molar refractivity (Wildman–Crippen MR) is 155 cm³/mol. The molecule has 6 nitrogen and oxygen atoms in total. The molecule has 3 saturated heterocycles. The van der Waals surface area contributed by atoms with Crippen molar-refractivity contribution >= 4 is 10.8 Å². The standard InChI is InChI=1S/C31H50N6/c1-4-35(5-2)19-9-24-37(28-14-20-34(3)21-15-28)25-18-33-31(26-37,36-22-16-32-17-23-36)30-13-8-11-27-10-6-7-12-29(27)30/h6-8,10-13,28,32H,4-5,9,14-26H2,1-3H3/q+1. The first-order chi connectivity index (χ1) is 18.1. The van der Waals surface area contributed by atoms with Crippen LogP contribution in [0.4, 0.5) is 0 Å². The fourth-order valence-electron chi connectivity index (χ4n) is 7.53. The summed E-state index contributed by atoms with van der Waals surface area (Å²) in [7, 11) is 2.30. The summed E-state index contributed by atoms with van der Waals surface area (Å²) in [4.78, 5) is 7.88. The summed E-state index contributed by atoms with van der Waals surface area (Å²) in [6.07, 6.45) is 3.91. The van der Waals surface area contributed by atoms with Gasteiger partial charge in [-0.15, -0.1) is 0 Å². The molecule has 0 saturated carbocycles. The number of nitrogens with zero attached hydrogens (tertiary/aromatic N) is 5. The van der Waals surface area contributed by atoms with E-state index in [1.165, 1.54) is 72.8 Å². The van der Waals surface area contributed by atoms with Gasteiger partial charge in [0.1, 0.15) is 6.54 Å². The Morgan fingerprint density at radius 1 is 1.00 bits per heavy atom. The number of rotatable bonds is 9. The zero-order valence-corrected chi connectivity index (χ0v) is 23.7. The van der Waals surface area contributed by atoms with Crippen LogP contribution in [0.25, 0.3) is 10.8 Å². The number of likely N-dealkylation sites (tertiary alicyclic amines) is 1. The van der Waals surface area contributed by atoms with Gasteiger partial charge in [-0.05, 0) is 30.9 Å². The molecule has 2 aromatic rings. The number of benzene rings is 2. The van der Waals surface area contributed by atoms with Crippen LogP contribution in [0.1, 0.15) is 38.7 Å². The molecule has 1 radical (unpaired) electrons. The Morgan fingerprint density at radius 3 is 2.49 bits per heavy atom. The lowest BCUT2D eigenvalue weighted by Gasteiger charge is -2.58. The van der Waals surface area contributed by atoms with Crippen LogP contribution in [0.5, 0.6) is 0 Å². The van der Waals surface area contributed by atoms with Gasteiger partial charge in [-0.3, -0.25) is 4.90 Å². The van der Waals surface area contributed by atoms with Crippen LogP contribution in [0, 0.1) is 0 Å². The Kier molecular flexibility index (Phi) is 8.85. The summed E-state index contributed by atoms with van der Waals surface area (Å²) in [5.74, 6) is 0. The topological polar surface area (TPSA) is 35.9 Å². The summed E-state index contributed by atoms with van der Waals surface area (Å²) in [5.41, 5.74) is 1.19. The van der Waals surface area contributed by atoms with Crippen LogP contribution < -0.4 is 10.6 Å². The molecule has 3 fully saturated rings. The van der Waals surface area contributed by atoms with Crippen LogP contribution in [0.3, 0.4) is 0 Å². The van der Waals surface area contributed by atoms with Crippen molar-refractivity contribution in [3.63, 3.8) is 0 Å². The smallest absolute Gasteiger partial charge is 0.164 e. The number of quaternary nitrogens is 1. The van der Waals surface area contributed by atoms with E-state index in [1.54, 1.807) is 0 Å². The second-order valence-corrected chi connectivity index (χ2v) is 11.7. The van der Waals surface area contributed by atoms with Crippen molar-refractivity contribution in [1.82, 2.24) is 25.3 Å². The molecule has 5 rings (SSSR count). The van der Waals surface area contributed by atoms with E-state index in [0.717, 1.165) is 58.4 Å². The SMILES string of the molecule is CCN(CC)CCC[N+]1(C2CCN(C)CC2)CC[N]C(c2cccc3ccccc23)(N2CCNCC2)C1. The number of piperazine rings is 2. The van der Waals surface area contributed by atoms with Crippen molar-refractivity contribution in [2.45, 2.75) is 44.8 Å². The van der Waals surface area contributed by atoms with Crippen molar-refractivity contribution in [2.75, 3.05) is 92.1 Å². The Labute approximate surface area is 225 Å². The minimum Gasteiger partial charge on any atom is -0.317 e. The molecule has 3 aliphatic heterocycles. The number of fused-ring (bicyclic) bond motifs is 1. The van der Waals surface area contributed by atoms with Gasteiger partial charge in [0.25, 0.3) is 0 Å². The Bertz CT molecular complexity index is 989. The molecule has 3 aliphatic rings. The second-order valence-electron chi connectivity index (χ2n) is 11.7. The van der Waals surface area contributed by atoms with Crippen LogP contribution in [-0.2, 0) is 5.66 Å². The van der Waals surface area contributed by atoms with Crippen LogP contribution in [-0.4, -0.2) is 117 Å². The van der Waals surface area contributed by atoms with Crippen molar-refractivity contribution in [1.29, 1.82) is 0 Å². The zero-order valence-electron chi connectivity index (χ0n) is 23.7. The van der Waals surface area contributed by atoms with E-state index < -0.39 is 0 Å². The van der Waals surface area contributed by atoms with Gasteiger partial charge in [0.15, 0.2) is 5.66 Å². The average molecular weight is 507 g/mol. The Hall–Kier alpha value is -1.54. The van der Waals surface area contributed by atoms with E-state index in [4.69, 9.17) is 5.32 Å². The van der Waals surface area contributed by atoms with Gasteiger partial charge in [-0.1, -0.05) is 56.3 Å². The van der Waals surface area contributed by atoms with Crippen molar-refractivity contribution < 1.29 is 4.48 Å². The van der Waals surface area contributed by atoms with E-state index in [2.05, 4.69) is 83.4 Å². The van der Waals surface area contributed by atoms with Gasteiger partial charge in [-0.2, -0.15) is 0 Å². The molecule has 2 aromatic carbocycles. The first-order valence-electron chi connectivity index (χ1n) is 15.0. The lowest BCUT2D eigenvalue weighted by molar-refractivity contribution is -0.962. The normalized spacial score (nSPS) is 28.8. The maximum absolute atomic E-state index is 5.65. The molecular formula is C31H50N6+. The third-order valence-corrected chi connectivity index (χ3v) is 9.75. The summed E-state index contributed by atoms with van der Waals surface area (Å²) in [5, 5.41) is 12.0. The van der Waals surface area contributed by atoms with Crippen molar-refractivity contribution in [3.05, 3.63) is 48.0 Å². The largest absolute Gasteiger partial charge is 0.317 e. The summed E-state index contributed by atoms with van der Waals surface area (Å²) in [6.45, 7) is 19.4. The number of hydrogen-bond donors (Lipinski definition) is 1. The highest BCUT2D eigenvalue weighted by Crippen LogP contribution is 2.40. The van der Waals surface area contributed by atoms with E-state index in [-0.39, 0.29) is 5.66 Å². The molecule has 203 valence electrons. The fourth-order valence-corrected chi connectivity index (χ4v) is 7.53. The first kappa shape index (κ1) is 27.0. The van der Waals surface area contributed by atoms with Crippen LogP contribution in [0.15, 0.2) is 42.5 Å². The second kappa shape index (κ2) is 12.1. The number of piperidine rings is 1. The Balaban J connectivity index is 1.55. The monoisotopic (exact) mass is 506 g/mol. The molecule has 6 heteroatoms. The first-order valence-corrected chi connectivity index (χ1v) is 15.0. The highest BCUT2D eigenvalue weighted by Gasteiger charge is 2.53. The van der Waals surface area contributed by atoms with Gasteiger partial charge < -0.3 is 19.6 Å². The van der Waals surface area contributed by atoms with Gasteiger partial charge in [-0.25, -0.2) is 5.32 Å². The highest BCUT2D eigenvalue weighted by atomic mass is 15.5. The van der Waals surface area contributed by atoms with Crippen molar-refractivity contribution in [3.8, 4) is 0 Å². The minimum absolute atomic E-state index is 0.250. The lowest BCUT2D eigenvalue weighted by Crippen LogP contribution is -2.74. The number of hydrogen-bond acceptors (Lipinski definition) is 4. The van der Waals surface area contributed by atoms with Gasteiger partial charge in [0.05, 0.1) is 25.7 Å². The van der Waals surface area contributed by atoms with E-state index in [9.17, 15) is 0 Å². The Morgan fingerprint density at radius 2 is 1.73 bits per heavy atom. The maximum Gasteiger partial charge on any atom is 0.164 e. The molecule has 2 unspecified atom stereocenters. The summed E-state index contributed by atoms with van der Waals surface area (Å²) < 4.78 is 1.24. The molecule has 0 amide bonds.